The summed E-state index contributed by atoms with van der Waals surface area (Å²) in [5.74, 6) is -1.05. The largest absolute Gasteiger partial charge is 0.449 e. The van der Waals surface area contributed by atoms with Crippen molar-refractivity contribution < 1.29 is 14.3 Å². The van der Waals surface area contributed by atoms with E-state index in [2.05, 4.69) is 16.5 Å². The number of esters is 1. The second kappa shape index (κ2) is 8.17. The van der Waals surface area contributed by atoms with Crippen molar-refractivity contribution in [1.82, 2.24) is 15.1 Å². The molecule has 1 aromatic heterocycles. The molecule has 140 valence electrons. The van der Waals surface area contributed by atoms with Crippen molar-refractivity contribution in [2.24, 2.45) is 7.05 Å². The van der Waals surface area contributed by atoms with Crippen LogP contribution in [0.15, 0.2) is 6.08 Å². The maximum atomic E-state index is 12.3. The van der Waals surface area contributed by atoms with Crippen molar-refractivity contribution in [2.75, 3.05) is 0 Å². The van der Waals surface area contributed by atoms with E-state index in [0.717, 1.165) is 36.2 Å². The SMILES string of the molecule is Cc1nn(C)c(C)c1/C=C/C(=O)O[C@@H](C)C(=O)NC1(C#N)CCCCC1. The minimum Gasteiger partial charge on any atom is -0.449 e. The topological polar surface area (TPSA) is 97.0 Å². The number of nitrogens with one attached hydrogen (secondary N) is 1. The number of nitriles is 1. The van der Waals surface area contributed by atoms with Gasteiger partial charge in [-0.2, -0.15) is 10.4 Å². The number of amides is 1. The molecule has 1 amide bonds. The van der Waals surface area contributed by atoms with E-state index in [-0.39, 0.29) is 0 Å². The Morgan fingerprint density at radius 3 is 2.54 bits per heavy atom. The Kier molecular flexibility index (Phi) is 6.19. The number of carbonyl (C=O) groups is 2. The van der Waals surface area contributed by atoms with E-state index in [1.165, 1.54) is 13.0 Å². The fraction of sp³-hybridized carbons (Fsp3) is 0.579. The van der Waals surface area contributed by atoms with Crippen molar-refractivity contribution in [2.45, 2.75) is 64.5 Å². The summed E-state index contributed by atoms with van der Waals surface area (Å²) in [5.41, 5.74) is 1.77. The first-order valence-electron chi connectivity index (χ1n) is 8.90. The van der Waals surface area contributed by atoms with Gasteiger partial charge in [0.1, 0.15) is 5.54 Å². The van der Waals surface area contributed by atoms with Gasteiger partial charge in [-0.15, -0.1) is 0 Å². The van der Waals surface area contributed by atoms with Gasteiger partial charge >= 0.3 is 5.97 Å². The van der Waals surface area contributed by atoms with Crippen LogP contribution in [0.25, 0.3) is 6.08 Å². The van der Waals surface area contributed by atoms with E-state index < -0.39 is 23.5 Å². The Morgan fingerprint density at radius 1 is 1.35 bits per heavy atom. The molecule has 0 unspecified atom stereocenters. The number of rotatable bonds is 5. The van der Waals surface area contributed by atoms with Gasteiger partial charge in [-0.3, -0.25) is 9.48 Å². The van der Waals surface area contributed by atoms with Crippen LogP contribution >= 0.6 is 0 Å². The Bertz CT molecular complexity index is 752. The average Bonchev–Trinajstić information content (AvgIpc) is 2.85. The first-order valence-corrected chi connectivity index (χ1v) is 8.90. The van der Waals surface area contributed by atoms with Crippen LogP contribution in [-0.4, -0.2) is 33.3 Å². The lowest BCUT2D eigenvalue weighted by Crippen LogP contribution is -2.52. The Hall–Kier alpha value is -2.62. The van der Waals surface area contributed by atoms with Gasteiger partial charge in [0.2, 0.25) is 0 Å². The molecule has 1 heterocycles. The van der Waals surface area contributed by atoms with Crippen LogP contribution in [0.2, 0.25) is 0 Å². The summed E-state index contributed by atoms with van der Waals surface area (Å²) in [6.07, 6.45) is 6.13. The number of hydrogen-bond donors (Lipinski definition) is 1. The zero-order valence-electron chi connectivity index (χ0n) is 15.8. The molecule has 0 bridgehead atoms. The molecule has 1 aliphatic carbocycles. The van der Waals surface area contributed by atoms with Crippen LogP contribution in [0.5, 0.6) is 0 Å². The second-order valence-electron chi connectivity index (χ2n) is 6.86. The second-order valence-corrected chi connectivity index (χ2v) is 6.86. The lowest BCUT2D eigenvalue weighted by molar-refractivity contribution is -0.150. The third-order valence-electron chi connectivity index (χ3n) is 4.90. The third kappa shape index (κ3) is 4.51. The zero-order valence-corrected chi connectivity index (χ0v) is 15.8. The average molecular weight is 358 g/mol. The molecule has 26 heavy (non-hydrogen) atoms. The molecule has 0 saturated heterocycles. The highest BCUT2D eigenvalue weighted by Gasteiger charge is 2.35. The fourth-order valence-electron chi connectivity index (χ4n) is 3.21. The minimum absolute atomic E-state index is 0.441. The molecule has 0 spiro atoms. The van der Waals surface area contributed by atoms with Crippen LogP contribution in [0.1, 0.15) is 56.0 Å². The quantitative estimate of drug-likeness (QED) is 0.643. The molecule has 7 heteroatoms. The van der Waals surface area contributed by atoms with Crippen LogP contribution < -0.4 is 5.32 Å². The summed E-state index contributed by atoms with van der Waals surface area (Å²) in [6, 6.07) is 2.22. The van der Waals surface area contributed by atoms with Gasteiger partial charge in [-0.05, 0) is 39.7 Å². The van der Waals surface area contributed by atoms with Gasteiger partial charge in [-0.1, -0.05) is 19.3 Å². The highest BCUT2D eigenvalue weighted by atomic mass is 16.5. The fourth-order valence-corrected chi connectivity index (χ4v) is 3.21. The van der Waals surface area contributed by atoms with Crippen molar-refractivity contribution in [3.05, 3.63) is 23.0 Å². The Labute approximate surface area is 154 Å². The molecule has 1 aliphatic rings. The van der Waals surface area contributed by atoms with Crippen LogP contribution in [0.4, 0.5) is 0 Å². The summed E-state index contributed by atoms with van der Waals surface area (Å²) in [7, 11) is 1.83. The molecule has 1 aromatic rings. The third-order valence-corrected chi connectivity index (χ3v) is 4.90. The molecule has 1 atom stereocenters. The van der Waals surface area contributed by atoms with Gasteiger partial charge in [0, 0.05) is 24.4 Å². The zero-order chi connectivity index (χ0) is 19.3. The number of nitrogens with zero attached hydrogens (tertiary/aromatic N) is 3. The van der Waals surface area contributed by atoms with E-state index in [1.807, 2.05) is 20.9 Å². The highest BCUT2D eigenvalue weighted by molar-refractivity contribution is 5.90. The normalized spacial score (nSPS) is 17.5. The van der Waals surface area contributed by atoms with Crippen LogP contribution in [0.3, 0.4) is 0 Å². The molecule has 1 fully saturated rings. The van der Waals surface area contributed by atoms with Crippen molar-refractivity contribution in [3.8, 4) is 6.07 Å². The Balaban J connectivity index is 1.94. The summed E-state index contributed by atoms with van der Waals surface area (Å²) < 4.78 is 6.92. The summed E-state index contributed by atoms with van der Waals surface area (Å²) in [4.78, 5) is 24.3. The lowest BCUT2D eigenvalue weighted by atomic mass is 9.83. The maximum absolute atomic E-state index is 12.3. The minimum atomic E-state index is -0.963. The molecule has 7 nitrogen and oxygen atoms in total. The smallest absolute Gasteiger partial charge is 0.331 e. The van der Waals surface area contributed by atoms with E-state index in [0.29, 0.717) is 12.8 Å². The summed E-state index contributed by atoms with van der Waals surface area (Å²) in [5, 5.41) is 16.5. The van der Waals surface area contributed by atoms with E-state index >= 15 is 0 Å². The summed E-state index contributed by atoms with van der Waals surface area (Å²) in [6.45, 7) is 5.28. The Morgan fingerprint density at radius 2 is 2.00 bits per heavy atom. The van der Waals surface area contributed by atoms with Gasteiger partial charge in [0.15, 0.2) is 6.10 Å². The van der Waals surface area contributed by atoms with Crippen LogP contribution in [-0.2, 0) is 21.4 Å². The van der Waals surface area contributed by atoms with Gasteiger partial charge in [0.05, 0.1) is 11.8 Å². The molecule has 0 aromatic carbocycles. The number of ether oxygens (including phenoxy) is 1. The van der Waals surface area contributed by atoms with Gasteiger partial charge in [-0.25, -0.2) is 4.79 Å². The predicted octanol–water partition coefficient (Wildman–Crippen LogP) is 2.32. The van der Waals surface area contributed by atoms with Crippen molar-refractivity contribution in [3.63, 3.8) is 0 Å². The molecular formula is C19H26N4O3. The maximum Gasteiger partial charge on any atom is 0.331 e. The number of carbonyl (C=O) groups excluding carboxylic acids is 2. The predicted molar refractivity (Wildman–Crippen MR) is 96.8 cm³/mol. The highest BCUT2D eigenvalue weighted by Crippen LogP contribution is 2.27. The van der Waals surface area contributed by atoms with E-state index in [9.17, 15) is 14.9 Å². The molecule has 1 saturated carbocycles. The first-order chi connectivity index (χ1) is 12.3. The molecule has 0 radical (unpaired) electrons. The van der Waals surface area contributed by atoms with E-state index in [4.69, 9.17) is 4.74 Å². The first kappa shape index (κ1) is 19.7. The van der Waals surface area contributed by atoms with Crippen LogP contribution in [0, 0.1) is 25.2 Å². The standard InChI is InChI=1S/C19H26N4O3/c1-13-16(14(2)23(4)22-13)8-9-17(24)26-15(3)18(25)21-19(12-20)10-6-5-7-11-19/h8-9,15H,5-7,10-11H2,1-4H3,(H,21,25)/b9-8+/t15-/m0/s1. The van der Waals surface area contributed by atoms with Crippen molar-refractivity contribution >= 4 is 18.0 Å². The van der Waals surface area contributed by atoms with Gasteiger partial charge < -0.3 is 10.1 Å². The molecule has 1 N–H and O–H groups in total. The number of aryl methyl sites for hydroxylation is 2. The van der Waals surface area contributed by atoms with E-state index in [1.54, 1.807) is 10.8 Å². The monoisotopic (exact) mass is 358 g/mol. The molecular weight excluding hydrogens is 332 g/mol. The summed E-state index contributed by atoms with van der Waals surface area (Å²) >= 11 is 0. The molecule has 0 aliphatic heterocycles. The molecule has 2 rings (SSSR count). The van der Waals surface area contributed by atoms with Gasteiger partial charge in [0.25, 0.3) is 5.91 Å². The lowest BCUT2D eigenvalue weighted by Gasteiger charge is -2.32. The number of aromatic nitrogens is 2. The number of hydrogen-bond acceptors (Lipinski definition) is 5. The van der Waals surface area contributed by atoms with Crippen molar-refractivity contribution in [1.29, 1.82) is 5.26 Å².